The van der Waals surface area contributed by atoms with E-state index in [4.69, 9.17) is 11.6 Å². The summed E-state index contributed by atoms with van der Waals surface area (Å²) in [5, 5.41) is 7.45. The molecule has 0 saturated heterocycles. The van der Waals surface area contributed by atoms with E-state index in [0.717, 1.165) is 41.8 Å². The number of hydrogen-bond acceptors (Lipinski definition) is 2. The number of halogens is 2. The summed E-state index contributed by atoms with van der Waals surface area (Å²) < 4.78 is 0. The molecule has 0 amide bonds. The van der Waals surface area contributed by atoms with Gasteiger partial charge in [-0.3, -0.25) is 4.99 Å². The molecule has 21 heavy (non-hydrogen) atoms. The van der Waals surface area contributed by atoms with E-state index in [2.05, 4.69) is 41.8 Å². The van der Waals surface area contributed by atoms with Crippen molar-refractivity contribution in [2.24, 2.45) is 4.99 Å². The number of hydrogen-bond donors (Lipinski definition) is 2. The molecular weight excluding hydrogens is 417 g/mol. The van der Waals surface area contributed by atoms with E-state index in [0.29, 0.717) is 0 Å². The lowest BCUT2D eigenvalue weighted by atomic mass is 10.1. The Labute approximate surface area is 154 Å². The number of thioether (sulfide) groups is 1. The van der Waals surface area contributed by atoms with Crippen molar-refractivity contribution in [3.63, 3.8) is 0 Å². The molecule has 0 aliphatic carbocycles. The predicted molar refractivity (Wildman–Crippen MR) is 107 cm³/mol. The van der Waals surface area contributed by atoms with E-state index in [-0.39, 0.29) is 30.0 Å². The fourth-order valence-corrected chi connectivity index (χ4v) is 2.40. The van der Waals surface area contributed by atoms with Crippen LogP contribution in [-0.4, -0.2) is 31.1 Å². The van der Waals surface area contributed by atoms with Crippen LogP contribution in [-0.2, 0) is 0 Å². The lowest BCUT2D eigenvalue weighted by Crippen LogP contribution is -2.38. The Balaban J connectivity index is 0.00000400. The largest absolute Gasteiger partial charge is 0.357 e. The maximum atomic E-state index is 6.03. The van der Waals surface area contributed by atoms with Gasteiger partial charge in [0.15, 0.2) is 5.96 Å². The minimum absolute atomic E-state index is 0. The maximum Gasteiger partial charge on any atom is 0.191 e. The third-order valence-electron chi connectivity index (χ3n) is 2.82. The molecule has 6 heteroatoms. The van der Waals surface area contributed by atoms with Crippen molar-refractivity contribution < 1.29 is 0 Å². The van der Waals surface area contributed by atoms with Gasteiger partial charge in [0, 0.05) is 18.1 Å². The maximum absolute atomic E-state index is 6.03. The minimum Gasteiger partial charge on any atom is -0.357 e. The molecule has 0 fully saturated rings. The van der Waals surface area contributed by atoms with Gasteiger partial charge in [-0.15, -0.1) is 24.0 Å². The number of benzene rings is 1. The summed E-state index contributed by atoms with van der Waals surface area (Å²) >= 11 is 7.88. The molecule has 0 radical (unpaired) electrons. The van der Waals surface area contributed by atoms with Gasteiger partial charge in [0.2, 0.25) is 0 Å². The Hall–Kier alpha value is -0.140. The zero-order valence-corrected chi connectivity index (χ0v) is 16.8. The van der Waals surface area contributed by atoms with Gasteiger partial charge in [0.25, 0.3) is 0 Å². The van der Waals surface area contributed by atoms with Crippen LogP contribution in [0.15, 0.2) is 29.3 Å². The van der Waals surface area contributed by atoms with Gasteiger partial charge >= 0.3 is 0 Å². The first-order valence-electron chi connectivity index (χ1n) is 6.96. The smallest absolute Gasteiger partial charge is 0.191 e. The highest BCUT2D eigenvalue weighted by Gasteiger charge is 2.07. The Morgan fingerprint density at radius 2 is 2.19 bits per heavy atom. The normalized spacial score (nSPS) is 12.5. The second-order valence-electron chi connectivity index (χ2n) is 4.53. The summed E-state index contributed by atoms with van der Waals surface area (Å²) in [5.41, 5.74) is 1.16. The van der Waals surface area contributed by atoms with Crippen LogP contribution in [0.5, 0.6) is 0 Å². The summed E-state index contributed by atoms with van der Waals surface area (Å²) in [4.78, 5) is 4.59. The van der Waals surface area contributed by atoms with Gasteiger partial charge in [-0.25, -0.2) is 0 Å². The summed E-state index contributed by atoms with van der Waals surface area (Å²) in [6, 6.07) is 8.09. The summed E-state index contributed by atoms with van der Waals surface area (Å²) in [5.74, 6) is 2.01. The van der Waals surface area contributed by atoms with E-state index >= 15 is 0 Å². The second-order valence-corrected chi connectivity index (χ2v) is 5.95. The Bertz CT molecular complexity index is 429. The highest BCUT2D eigenvalue weighted by Crippen LogP contribution is 2.17. The highest BCUT2D eigenvalue weighted by molar-refractivity contribution is 14.0. The van der Waals surface area contributed by atoms with Crippen LogP contribution in [0.3, 0.4) is 0 Å². The molecule has 1 aromatic rings. The molecule has 0 saturated carbocycles. The molecule has 1 unspecified atom stereocenters. The third-order valence-corrected chi connectivity index (χ3v) is 3.75. The zero-order chi connectivity index (χ0) is 14.8. The standard InChI is InChI=1S/C15H24ClN3S.HI/c1-4-17-15(18-9-6-10-20-3)19-12(2)13-7-5-8-14(16)11-13;/h5,7-8,11-12H,4,6,9-10H2,1-3H3,(H2,17,18,19);1H. The van der Waals surface area contributed by atoms with Crippen molar-refractivity contribution in [3.05, 3.63) is 34.9 Å². The van der Waals surface area contributed by atoms with Crippen LogP contribution in [0.2, 0.25) is 5.02 Å². The first-order valence-corrected chi connectivity index (χ1v) is 8.73. The first-order chi connectivity index (χ1) is 9.67. The number of aliphatic imine (C=N–C) groups is 1. The van der Waals surface area contributed by atoms with Crippen molar-refractivity contribution >= 4 is 53.3 Å². The van der Waals surface area contributed by atoms with Gasteiger partial charge in [-0.05, 0) is 50.0 Å². The number of nitrogens with one attached hydrogen (secondary N) is 2. The number of nitrogens with zero attached hydrogens (tertiary/aromatic N) is 1. The molecular formula is C15H25ClIN3S. The van der Waals surface area contributed by atoms with Crippen molar-refractivity contribution in [1.29, 1.82) is 0 Å². The fraction of sp³-hybridized carbons (Fsp3) is 0.533. The van der Waals surface area contributed by atoms with E-state index in [1.165, 1.54) is 0 Å². The Kier molecular flexibility index (Phi) is 12.3. The van der Waals surface area contributed by atoms with E-state index in [1.54, 1.807) is 0 Å². The topological polar surface area (TPSA) is 36.4 Å². The van der Waals surface area contributed by atoms with Gasteiger partial charge in [-0.1, -0.05) is 23.7 Å². The van der Waals surface area contributed by atoms with E-state index < -0.39 is 0 Å². The van der Waals surface area contributed by atoms with E-state index in [9.17, 15) is 0 Å². The molecule has 3 nitrogen and oxygen atoms in total. The predicted octanol–water partition coefficient (Wildman–Crippen LogP) is 4.33. The lowest BCUT2D eigenvalue weighted by molar-refractivity contribution is 0.685. The average Bonchev–Trinajstić information content (AvgIpc) is 2.43. The SMILES string of the molecule is CCNC(=NCCCSC)NC(C)c1cccc(Cl)c1.I. The van der Waals surface area contributed by atoms with Crippen molar-refractivity contribution in [1.82, 2.24) is 10.6 Å². The zero-order valence-electron chi connectivity index (χ0n) is 12.9. The molecule has 1 atom stereocenters. The Morgan fingerprint density at radius 3 is 2.81 bits per heavy atom. The first kappa shape index (κ1) is 20.9. The molecule has 0 aliphatic heterocycles. The Morgan fingerprint density at radius 1 is 1.43 bits per heavy atom. The average molecular weight is 442 g/mol. The van der Waals surface area contributed by atoms with Gasteiger partial charge in [-0.2, -0.15) is 11.8 Å². The highest BCUT2D eigenvalue weighted by atomic mass is 127. The fourth-order valence-electron chi connectivity index (χ4n) is 1.78. The van der Waals surface area contributed by atoms with Crippen molar-refractivity contribution in [2.45, 2.75) is 26.3 Å². The van der Waals surface area contributed by atoms with Gasteiger partial charge in [0.1, 0.15) is 0 Å². The summed E-state index contributed by atoms with van der Waals surface area (Å²) in [6.07, 6.45) is 3.22. The van der Waals surface area contributed by atoms with Crippen molar-refractivity contribution in [3.8, 4) is 0 Å². The third kappa shape index (κ3) is 8.78. The van der Waals surface area contributed by atoms with Crippen LogP contribution in [0.4, 0.5) is 0 Å². The molecule has 0 bridgehead atoms. The second kappa shape index (κ2) is 12.4. The van der Waals surface area contributed by atoms with Crippen LogP contribution in [0.25, 0.3) is 0 Å². The van der Waals surface area contributed by atoms with Crippen LogP contribution < -0.4 is 10.6 Å². The molecule has 0 aliphatic rings. The molecule has 2 N–H and O–H groups in total. The quantitative estimate of drug-likeness (QED) is 0.286. The van der Waals surface area contributed by atoms with Gasteiger partial charge in [0.05, 0.1) is 6.04 Å². The molecule has 1 rings (SSSR count). The number of rotatable bonds is 7. The monoisotopic (exact) mass is 441 g/mol. The minimum atomic E-state index is 0. The van der Waals surface area contributed by atoms with E-state index in [1.807, 2.05) is 30.0 Å². The molecule has 0 spiro atoms. The van der Waals surface area contributed by atoms with Gasteiger partial charge < -0.3 is 10.6 Å². The molecule has 0 heterocycles. The summed E-state index contributed by atoms with van der Waals surface area (Å²) in [6.45, 7) is 5.89. The lowest BCUT2D eigenvalue weighted by Gasteiger charge is -2.18. The van der Waals surface area contributed by atoms with Crippen LogP contribution in [0.1, 0.15) is 31.9 Å². The molecule has 120 valence electrons. The van der Waals surface area contributed by atoms with Crippen LogP contribution in [0, 0.1) is 0 Å². The summed E-state index contributed by atoms with van der Waals surface area (Å²) in [7, 11) is 0. The number of guanidine groups is 1. The molecule has 1 aromatic carbocycles. The van der Waals surface area contributed by atoms with Crippen LogP contribution >= 0.6 is 47.3 Å². The van der Waals surface area contributed by atoms with Crippen molar-refractivity contribution in [2.75, 3.05) is 25.1 Å². The molecule has 0 aromatic heterocycles.